The van der Waals surface area contributed by atoms with Crippen molar-refractivity contribution in [3.05, 3.63) is 0 Å². The van der Waals surface area contributed by atoms with E-state index < -0.39 is 0 Å². The van der Waals surface area contributed by atoms with Crippen LogP contribution in [0.4, 0.5) is 0 Å². The maximum Gasteiger partial charge on any atom is 0.234 e. The molecule has 1 rings (SSSR count). The highest BCUT2D eigenvalue weighted by molar-refractivity contribution is 5.78. The van der Waals surface area contributed by atoms with Gasteiger partial charge in [0.15, 0.2) is 0 Å². The summed E-state index contributed by atoms with van der Waals surface area (Å²) in [5.41, 5.74) is 0. The number of nitrogens with one attached hydrogen (secondary N) is 1. The van der Waals surface area contributed by atoms with Gasteiger partial charge < -0.3 is 15.5 Å². The molecule has 0 aliphatic heterocycles. The molecule has 0 saturated heterocycles. The topological polar surface area (TPSA) is 72.8 Å². The Morgan fingerprint density at radius 1 is 1.29 bits per heavy atom. The molecule has 0 spiro atoms. The van der Waals surface area contributed by atoms with E-state index in [9.17, 15) is 4.79 Å². The summed E-state index contributed by atoms with van der Waals surface area (Å²) in [6.07, 6.45) is 2.15. The fourth-order valence-corrected chi connectivity index (χ4v) is 1.26. The Labute approximate surface area is 83.7 Å². The fraction of sp³-hybridized carbons (Fsp3) is 0.889. The molecule has 0 unspecified atom stereocenters. The zero-order valence-electron chi connectivity index (χ0n) is 8.28. The molecule has 0 aromatic rings. The van der Waals surface area contributed by atoms with E-state index in [1.165, 1.54) is 0 Å². The van der Waals surface area contributed by atoms with Gasteiger partial charge in [0.1, 0.15) is 0 Å². The molecule has 0 bridgehead atoms. The van der Waals surface area contributed by atoms with Gasteiger partial charge in [-0.05, 0) is 12.8 Å². The SMILES string of the molecule is O=C(CN(CCO)CCO)NC1CC1. The van der Waals surface area contributed by atoms with Gasteiger partial charge in [-0.3, -0.25) is 9.69 Å². The van der Waals surface area contributed by atoms with Crippen molar-refractivity contribution in [2.24, 2.45) is 0 Å². The first kappa shape index (κ1) is 11.4. The van der Waals surface area contributed by atoms with Crippen molar-refractivity contribution in [2.75, 3.05) is 32.8 Å². The van der Waals surface area contributed by atoms with Crippen LogP contribution < -0.4 is 5.32 Å². The van der Waals surface area contributed by atoms with E-state index in [2.05, 4.69) is 5.32 Å². The molecule has 0 aromatic carbocycles. The Morgan fingerprint density at radius 2 is 1.86 bits per heavy atom. The average Bonchev–Trinajstić information content (AvgIpc) is 2.89. The Hall–Kier alpha value is -0.650. The predicted molar refractivity (Wildman–Crippen MR) is 51.8 cm³/mol. The van der Waals surface area contributed by atoms with Gasteiger partial charge in [-0.25, -0.2) is 0 Å². The molecular weight excluding hydrogens is 184 g/mol. The van der Waals surface area contributed by atoms with Crippen LogP contribution in [0.2, 0.25) is 0 Å². The van der Waals surface area contributed by atoms with Crippen molar-refractivity contribution in [1.82, 2.24) is 10.2 Å². The number of rotatable bonds is 7. The molecule has 0 radical (unpaired) electrons. The van der Waals surface area contributed by atoms with Crippen LogP contribution >= 0.6 is 0 Å². The third kappa shape index (κ3) is 4.55. The van der Waals surface area contributed by atoms with Gasteiger partial charge in [-0.1, -0.05) is 0 Å². The summed E-state index contributed by atoms with van der Waals surface area (Å²) in [5, 5.41) is 20.3. The quantitative estimate of drug-likeness (QED) is 0.472. The first-order valence-electron chi connectivity index (χ1n) is 4.99. The normalized spacial score (nSPS) is 15.9. The van der Waals surface area contributed by atoms with E-state index in [4.69, 9.17) is 10.2 Å². The lowest BCUT2D eigenvalue weighted by molar-refractivity contribution is -0.122. The lowest BCUT2D eigenvalue weighted by atomic mass is 10.4. The maximum absolute atomic E-state index is 11.3. The van der Waals surface area contributed by atoms with Crippen molar-refractivity contribution < 1.29 is 15.0 Å². The van der Waals surface area contributed by atoms with E-state index in [0.29, 0.717) is 19.1 Å². The number of carbonyl (C=O) groups is 1. The molecule has 5 heteroatoms. The maximum atomic E-state index is 11.3. The van der Waals surface area contributed by atoms with E-state index in [-0.39, 0.29) is 25.7 Å². The molecule has 5 nitrogen and oxygen atoms in total. The highest BCUT2D eigenvalue weighted by Gasteiger charge is 2.23. The molecule has 1 aliphatic carbocycles. The van der Waals surface area contributed by atoms with Crippen LogP contribution in [0, 0.1) is 0 Å². The molecular formula is C9H18N2O3. The van der Waals surface area contributed by atoms with Crippen LogP contribution in [0.15, 0.2) is 0 Å². The van der Waals surface area contributed by atoms with Gasteiger partial charge in [0.25, 0.3) is 0 Å². The van der Waals surface area contributed by atoms with Gasteiger partial charge >= 0.3 is 0 Å². The third-order valence-electron chi connectivity index (χ3n) is 2.14. The summed E-state index contributed by atoms with van der Waals surface area (Å²) in [6.45, 7) is 1.14. The van der Waals surface area contributed by atoms with Crippen LogP contribution in [-0.4, -0.2) is 59.9 Å². The molecule has 1 aliphatic rings. The molecule has 0 heterocycles. The van der Waals surface area contributed by atoms with Crippen molar-refractivity contribution in [1.29, 1.82) is 0 Å². The minimum Gasteiger partial charge on any atom is -0.395 e. The minimum absolute atomic E-state index is 0.0106. The molecule has 1 amide bonds. The molecule has 0 aromatic heterocycles. The van der Waals surface area contributed by atoms with Crippen molar-refractivity contribution in [3.63, 3.8) is 0 Å². The monoisotopic (exact) mass is 202 g/mol. The number of aliphatic hydroxyl groups is 2. The molecule has 82 valence electrons. The predicted octanol–water partition coefficient (Wildman–Crippen LogP) is -1.45. The van der Waals surface area contributed by atoms with Crippen molar-refractivity contribution in [2.45, 2.75) is 18.9 Å². The van der Waals surface area contributed by atoms with Crippen LogP contribution in [0.5, 0.6) is 0 Å². The summed E-state index contributed by atoms with van der Waals surface area (Å²) in [7, 11) is 0. The summed E-state index contributed by atoms with van der Waals surface area (Å²) in [5.74, 6) is -0.0191. The zero-order chi connectivity index (χ0) is 10.4. The first-order valence-corrected chi connectivity index (χ1v) is 4.99. The second kappa shape index (κ2) is 5.95. The van der Waals surface area contributed by atoms with E-state index in [1.54, 1.807) is 4.90 Å². The second-order valence-corrected chi connectivity index (χ2v) is 3.57. The molecule has 1 fully saturated rings. The largest absolute Gasteiger partial charge is 0.395 e. The van der Waals surface area contributed by atoms with Crippen molar-refractivity contribution in [3.8, 4) is 0 Å². The average molecular weight is 202 g/mol. The van der Waals surface area contributed by atoms with Gasteiger partial charge in [-0.2, -0.15) is 0 Å². The van der Waals surface area contributed by atoms with Crippen molar-refractivity contribution >= 4 is 5.91 Å². The van der Waals surface area contributed by atoms with E-state index in [1.807, 2.05) is 0 Å². The zero-order valence-corrected chi connectivity index (χ0v) is 8.28. The van der Waals surface area contributed by atoms with Crippen LogP contribution in [0.3, 0.4) is 0 Å². The van der Waals surface area contributed by atoms with Crippen LogP contribution in [-0.2, 0) is 4.79 Å². The first-order chi connectivity index (χ1) is 6.76. The van der Waals surface area contributed by atoms with Gasteiger partial charge in [0, 0.05) is 19.1 Å². The van der Waals surface area contributed by atoms with Crippen LogP contribution in [0.25, 0.3) is 0 Å². The number of hydrogen-bond donors (Lipinski definition) is 3. The summed E-state index contributed by atoms with van der Waals surface area (Å²) >= 11 is 0. The Balaban J connectivity index is 2.17. The molecule has 1 saturated carbocycles. The van der Waals surface area contributed by atoms with Gasteiger partial charge in [0.05, 0.1) is 19.8 Å². The number of hydrogen-bond acceptors (Lipinski definition) is 4. The van der Waals surface area contributed by atoms with Crippen LogP contribution in [0.1, 0.15) is 12.8 Å². The second-order valence-electron chi connectivity index (χ2n) is 3.57. The number of nitrogens with zero attached hydrogens (tertiary/aromatic N) is 1. The van der Waals surface area contributed by atoms with E-state index in [0.717, 1.165) is 12.8 Å². The number of aliphatic hydroxyl groups excluding tert-OH is 2. The Kier molecular flexibility index (Phi) is 4.86. The van der Waals surface area contributed by atoms with Gasteiger partial charge in [0.2, 0.25) is 5.91 Å². The Morgan fingerprint density at radius 3 is 2.29 bits per heavy atom. The van der Waals surface area contributed by atoms with E-state index >= 15 is 0 Å². The highest BCUT2D eigenvalue weighted by Crippen LogP contribution is 2.18. The fourth-order valence-electron chi connectivity index (χ4n) is 1.26. The molecule has 14 heavy (non-hydrogen) atoms. The minimum atomic E-state index is -0.0191. The van der Waals surface area contributed by atoms with Gasteiger partial charge in [-0.15, -0.1) is 0 Å². The standard InChI is InChI=1S/C9H18N2O3/c12-5-3-11(4-6-13)7-9(14)10-8-1-2-8/h8,12-13H,1-7H2,(H,10,14). The number of amides is 1. The molecule has 0 atom stereocenters. The third-order valence-corrected chi connectivity index (χ3v) is 2.14. The lowest BCUT2D eigenvalue weighted by Gasteiger charge is -2.19. The number of carbonyl (C=O) groups excluding carboxylic acids is 1. The lowest BCUT2D eigenvalue weighted by Crippen LogP contribution is -2.40. The highest BCUT2D eigenvalue weighted by atomic mass is 16.3. The molecule has 3 N–H and O–H groups in total. The summed E-state index contributed by atoms with van der Waals surface area (Å²) in [4.78, 5) is 13.1. The smallest absolute Gasteiger partial charge is 0.234 e. The Bertz CT molecular complexity index is 177. The summed E-state index contributed by atoms with van der Waals surface area (Å²) < 4.78 is 0. The summed E-state index contributed by atoms with van der Waals surface area (Å²) in [6, 6.07) is 0.368.